The highest BCUT2D eigenvalue weighted by atomic mass is 16.2. The summed E-state index contributed by atoms with van der Waals surface area (Å²) in [4.78, 5) is 16.8. The number of amides is 2. The van der Waals surface area contributed by atoms with Crippen LogP contribution in [0, 0.1) is 13.8 Å². The van der Waals surface area contributed by atoms with Crippen LogP contribution in [0.5, 0.6) is 0 Å². The summed E-state index contributed by atoms with van der Waals surface area (Å²) < 4.78 is 0. The number of unbranched alkanes of at least 4 members (excludes halogenated alkanes) is 1. The molecular weight excluding hydrogens is 322 g/mol. The van der Waals surface area contributed by atoms with E-state index in [2.05, 4.69) is 36.6 Å². The fourth-order valence-electron chi connectivity index (χ4n) is 3.24. The van der Waals surface area contributed by atoms with Gasteiger partial charge in [0.25, 0.3) is 0 Å². The Hall–Kier alpha value is -2.88. The van der Waals surface area contributed by atoms with Gasteiger partial charge in [0, 0.05) is 28.9 Å². The highest BCUT2D eigenvalue weighted by molar-refractivity contribution is 5.95. The van der Waals surface area contributed by atoms with Crippen molar-refractivity contribution >= 4 is 22.6 Å². The summed E-state index contributed by atoms with van der Waals surface area (Å²) >= 11 is 0. The van der Waals surface area contributed by atoms with Gasteiger partial charge in [-0.15, -0.1) is 0 Å². The zero-order valence-corrected chi connectivity index (χ0v) is 15.6. The molecule has 0 aliphatic rings. The second-order valence-electron chi connectivity index (χ2n) is 6.53. The maximum Gasteiger partial charge on any atom is 0.319 e. The minimum absolute atomic E-state index is 0.168. The molecule has 1 aromatic heterocycles. The van der Waals surface area contributed by atoms with Gasteiger partial charge in [-0.05, 0) is 49.6 Å². The number of nitrogens with one attached hydrogen (secondary N) is 2. The number of aromatic nitrogens is 1. The minimum atomic E-state index is -0.168. The second kappa shape index (κ2) is 8.00. The lowest BCUT2D eigenvalue weighted by Crippen LogP contribution is -2.29. The molecule has 0 saturated heterocycles. The van der Waals surface area contributed by atoms with Crippen molar-refractivity contribution in [2.24, 2.45) is 0 Å². The molecule has 0 atom stereocenters. The van der Waals surface area contributed by atoms with Crippen LogP contribution in [0.1, 0.15) is 31.0 Å². The van der Waals surface area contributed by atoms with Crippen molar-refractivity contribution in [1.29, 1.82) is 0 Å². The Labute approximate surface area is 154 Å². The topological polar surface area (TPSA) is 54.0 Å². The van der Waals surface area contributed by atoms with E-state index < -0.39 is 0 Å². The Morgan fingerprint density at radius 1 is 1.08 bits per heavy atom. The number of pyridine rings is 1. The lowest BCUT2D eigenvalue weighted by molar-refractivity contribution is 0.252. The van der Waals surface area contributed by atoms with Gasteiger partial charge in [0.05, 0.1) is 5.52 Å². The van der Waals surface area contributed by atoms with Crippen LogP contribution in [0.25, 0.3) is 22.0 Å². The first kappa shape index (κ1) is 17.9. The lowest BCUT2D eigenvalue weighted by atomic mass is 9.96. The van der Waals surface area contributed by atoms with Crippen LogP contribution >= 0.6 is 0 Å². The first-order chi connectivity index (χ1) is 12.6. The van der Waals surface area contributed by atoms with Crippen molar-refractivity contribution in [3.05, 3.63) is 59.8 Å². The van der Waals surface area contributed by atoms with Gasteiger partial charge in [0.2, 0.25) is 0 Å². The summed E-state index contributed by atoms with van der Waals surface area (Å²) in [6, 6.07) is 16.0. The summed E-state index contributed by atoms with van der Waals surface area (Å²) in [7, 11) is 0. The average Bonchev–Trinajstić information content (AvgIpc) is 2.63. The van der Waals surface area contributed by atoms with Crippen LogP contribution in [-0.2, 0) is 0 Å². The molecule has 0 bridgehead atoms. The number of carbonyl (C=O) groups excluding carboxylic acids is 1. The molecule has 2 aromatic carbocycles. The fourth-order valence-corrected chi connectivity index (χ4v) is 3.24. The van der Waals surface area contributed by atoms with E-state index in [-0.39, 0.29) is 6.03 Å². The van der Waals surface area contributed by atoms with Gasteiger partial charge in [-0.1, -0.05) is 43.7 Å². The fraction of sp³-hybridized carbons (Fsp3) is 0.273. The largest absolute Gasteiger partial charge is 0.338 e. The van der Waals surface area contributed by atoms with E-state index >= 15 is 0 Å². The summed E-state index contributed by atoms with van der Waals surface area (Å²) in [6.45, 7) is 6.95. The molecule has 0 saturated carbocycles. The summed E-state index contributed by atoms with van der Waals surface area (Å²) in [6.07, 6.45) is 2.04. The van der Waals surface area contributed by atoms with Crippen LogP contribution in [0.3, 0.4) is 0 Å². The van der Waals surface area contributed by atoms with Crippen molar-refractivity contribution in [1.82, 2.24) is 10.3 Å². The number of hydrogen-bond acceptors (Lipinski definition) is 2. The zero-order chi connectivity index (χ0) is 18.5. The number of nitrogens with zero attached hydrogens (tertiary/aromatic N) is 1. The van der Waals surface area contributed by atoms with Crippen molar-refractivity contribution < 1.29 is 4.79 Å². The van der Waals surface area contributed by atoms with E-state index in [0.717, 1.165) is 46.3 Å². The van der Waals surface area contributed by atoms with Crippen molar-refractivity contribution in [3.63, 3.8) is 0 Å². The van der Waals surface area contributed by atoms with Gasteiger partial charge < -0.3 is 10.6 Å². The van der Waals surface area contributed by atoms with Crippen molar-refractivity contribution in [2.45, 2.75) is 33.6 Å². The number of aryl methyl sites for hydroxylation is 2. The molecule has 0 unspecified atom stereocenters. The highest BCUT2D eigenvalue weighted by Gasteiger charge is 2.12. The summed E-state index contributed by atoms with van der Waals surface area (Å²) in [5.74, 6) is 0. The van der Waals surface area contributed by atoms with Gasteiger partial charge in [-0.3, -0.25) is 4.98 Å². The standard InChI is InChI=1S/C22H25N3O/c1-4-5-13-23-22(26)25-18-11-12-20-19(14-18)15(2)21(16(3)24-20)17-9-7-6-8-10-17/h6-12,14H,4-5,13H2,1-3H3,(H2,23,25,26). The predicted octanol–water partition coefficient (Wildman–Crippen LogP) is 5.44. The van der Waals surface area contributed by atoms with E-state index in [4.69, 9.17) is 4.98 Å². The molecule has 0 spiro atoms. The van der Waals surface area contributed by atoms with Crippen LogP contribution in [0.15, 0.2) is 48.5 Å². The van der Waals surface area contributed by atoms with E-state index in [0.29, 0.717) is 6.54 Å². The molecule has 0 radical (unpaired) electrons. The Bertz CT molecular complexity index is 920. The van der Waals surface area contributed by atoms with Gasteiger partial charge >= 0.3 is 6.03 Å². The Balaban J connectivity index is 1.95. The monoisotopic (exact) mass is 347 g/mol. The molecule has 1 heterocycles. The number of fused-ring (bicyclic) bond motifs is 1. The van der Waals surface area contributed by atoms with Gasteiger partial charge in [0.15, 0.2) is 0 Å². The molecule has 26 heavy (non-hydrogen) atoms. The summed E-state index contributed by atoms with van der Waals surface area (Å²) in [5.41, 5.74) is 6.22. The molecule has 4 nitrogen and oxygen atoms in total. The van der Waals surface area contributed by atoms with Crippen LogP contribution in [0.2, 0.25) is 0 Å². The first-order valence-electron chi connectivity index (χ1n) is 9.11. The first-order valence-corrected chi connectivity index (χ1v) is 9.11. The maximum absolute atomic E-state index is 12.0. The zero-order valence-electron chi connectivity index (χ0n) is 15.6. The highest BCUT2D eigenvalue weighted by Crippen LogP contribution is 2.32. The number of carbonyl (C=O) groups is 1. The molecule has 4 heteroatoms. The third-order valence-electron chi connectivity index (χ3n) is 4.56. The average molecular weight is 347 g/mol. The van der Waals surface area contributed by atoms with E-state index in [1.54, 1.807) is 0 Å². The minimum Gasteiger partial charge on any atom is -0.338 e. The predicted molar refractivity (Wildman–Crippen MR) is 109 cm³/mol. The van der Waals surface area contributed by atoms with E-state index in [9.17, 15) is 4.79 Å². The van der Waals surface area contributed by atoms with E-state index in [1.807, 2.05) is 43.3 Å². The van der Waals surface area contributed by atoms with Crippen molar-refractivity contribution in [3.8, 4) is 11.1 Å². The normalized spacial score (nSPS) is 10.7. The molecule has 134 valence electrons. The third-order valence-corrected chi connectivity index (χ3v) is 4.56. The Kier molecular flexibility index (Phi) is 5.52. The number of urea groups is 1. The SMILES string of the molecule is CCCCNC(=O)Nc1ccc2nc(C)c(-c3ccccc3)c(C)c2c1. The van der Waals surface area contributed by atoms with Gasteiger partial charge in [-0.25, -0.2) is 4.79 Å². The second-order valence-corrected chi connectivity index (χ2v) is 6.53. The number of hydrogen-bond donors (Lipinski definition) is 2. The molecule has 2 amide bonds. The van der Waals surface area contributed by atoms with E-state index in [1.165, 1.54) is 5.56 Å². The Morgan fingerprint density at radius 3 is 2.58 bits per heavy atom. The molecule has 3 aromatic rings. The van der Waals surface area contributed by atoms with Crippen LogP contribution < -0.4 is 10.6 Å². The molecular formula is C22H25N3O. The molecule has 0 fully saturated rings. The van der Waals surface area contributed by atoms with Gasteiger partial charge in [-0.2, -0.15) is 0 Å². The van der Waals surface area contributed by atoms with Gasteiger partial charge in [0.1, 0.15) is 0 Å². The number of benzene rings is 2. The third kappa shape index (κ3) is 3.85. The smallest absolute Gasteiger partial charge is 0.319 e. The molecule has 2 N–H and O–H groups in total. The van der Waals surface area contributed by atoms with Crippen LogP contribution in [-0.4, -0.2) is 17.6 Å². The quantitative estimate of drug-likeness (QED) is 0.604. The van der Waals surface area contributed by atoms with Crippen molar-refractivity contribution in [2.75, 3.05) is 11.9 Å². The summed E-state index contributed by atoms with van der Waals surface area (Å²) in [5, 5.41) is 6.85. The molecule has 0 aliphatic heterocycles. The number of anilines is 1. The van der Waals surface area contributed by atoms with Crippen LogP contribution in [0.4, 0.5) is 10.5 Å². The Morgan fingerprint density at radius 2 is 1.85 bits per heavy atom. The molecule has 3 rings (SSSR count). The molecule has 0 aliphatic carbocycles. The maximum atomic E-state index is 12.0. The number of rotatable bonds is 5. The lowest BCUT2D eigenvalue weighted by Gasteiger charge is -2.14.